The Hall–Kier alpha value is -3.35. The molecule has 1 aliphatic heterocycles. The fraction of sp³-hybridized carbons (Fsp3) is 0.286. The lowest BCUT2D eigenvalue weighted by Crippen LogP contribution is -2.60. The lowest BCUT2D eigenvalue weighted by molar-refractivity contribution is -0.277. The van der Waals surface area contributed by atoms with E-state index in [1.807, 2.05) is 0 Å². The van der Waals surface area contributed by atoms with Gasteiger partial charge in [-0.25, -0.2) is 0 Å². The molecule has 11 heteroatoms. The standard InChI is InChI=1S/C21H20O11/c22-7-13-15(26)17(28)18(29)21(31-13)32-20-16(27)14-11(25)5-8(23)6-12(14)30-19(20)9-3-1-2-4-10(9)24/h1-6,13,15,17-18,21-26,28-29H,7H2/t13-,15-,17?,18?,21+/m1/s1. The van der Waals surface area contributed by atoms with Crippen molar-refractivity contribution in [3.63, 3.8) is 0 Å². The summed E-state index contributed by atoms with van der Waals surface area (Å²) in [6.45, 7) is -0.719. The molecular formula is C21H20O11. The number of fused-ring (bicyclic) bond motifs is 1. The highest BCUT2D eigenvalue weighted by molar-refractivity contribution is 5.88. The molecule has 4 rings (SSSR count). The molecule has 0 amide bonds. The van der Waals surface area contributed by atoms with Crippen LogP contribution in [0.2, 0.25) is 0 Å². The van der Waals surface area contributed by atoms with Crippen molar-refractivity contribution in [3.8, 4) is 34.3 Å². The zero-order valence-electron chi connectivity index (χ0n) is 16.3. The van der Waals surface area contributed by atoms with Crippen LogP contribution in [0, 0.1) is 0 Å². The van der Waals surface area contributed by atoms with E-state index in [0.717, 1.165) is 12.1 Å². The van der Waals surface area contributed by atoms with E-state index in [1.54, 1.807) is 0 Å². The summed E-state index contributed by atoms with van der Waals surface area (Å²) in [6, 6.07) is 7.78. The van der Waals surface area contributed by atoms with Crippen LogP contribution in [-0.2, 0) is 4.74 Å². The smallest absolute Gasteiger partial charge is 0.239 e. The average molecular weight is 448 g/mol. The highest BCUT2D eigenvalue weighted by Crippen LogP contribution is 2.39. The van der Waals surface area contributed by atoms with E-state index in [0.29, 0.717) is 0 Å². The molecule has 3 aromatic rings. The SMILES string of the molecule is O=c1c(O[C@@H]2O[C@H](CO)[C@@H](O)C(O)C2O)c(-c2ccccc2O)oc2cc(O)cc(O)c12. The monoisotopic (exact) mass is 448 g/mol. The Morgan fingerprint density at radius 2 is 1.66 bits per heavy atom. The molecule has 2 unspecified atom stereocenters. The minimum Gasteiger partial charge on any atom is -0.508 e. The molecule has 2 aromatic carbocycles. The van der Waals surface area contributed by atoms with E-state index < -0.39 is 54.2 Å². The molecule has 0 radical (unpaired) electrons. The van der Waals surface area contributed by atoms with Crippen LogP contribution in [0.15, 0.2) is 45.6 Å². The van der Waals surface area contributed by atoms with Gasteiger partial charge < -0.3 is 49.6 Å². The van der Waals surface area contributed by atoms with Crippen molar-refractivity contribution in [2.24, 2.45) is 0 Å². The number of phenolic OH excluding ortho intramolecular Hbond substituents is 3. The quantitative estimate of drug-likeness (QED) is 0.279. The van der Waals surface area contributed by atoms with Crippen molar-refractivity contribution in [1.29, 1.82) is 0 Å². The number of phenols is 3. The van der Waals surface area contributed by atoms with Gasteiger partial charge in [0.05, 0.1) is 12.2 Å². The summed E-state index contributed by atoms with van der Waals surface area (Å²) in [5, 5.41) is 69.5. The molecule has 0 spiro atoms. The number of aliphatic hydroxyl groups excluding tert-OH is 4. The number of hydrogen-bond donors (Lipinski definition) is 7. The van der Waals surface area contributed by atoms with Gasteiger partial charge in [-0.1, -0.05) is 12.1 Å². The summed E-state index contributed by atoms with van der Waals surface area (Å²) in [7, 11) is 0. The highest BCUT2D eigenvalue weighted by Gasteiger charge is 2.45. The van der Waals surface area contributed by atoms with Crippen LogP contribution in [0.5, 0.6) is 23.0 Å². The van der Waals surface area contributed by atoms with Crippen LogP contribution in [-0.4, -0.2) is 73.1 Å². The minimum absolute atomic E-state index is 0.00826. The molecule has 1 aliphatic rings. The molecule has 0 bridgehead atoms. The zero-order valence-corrected chi connectivity index (χ0v) is 16.3. The Kier molecular flexibility index (Phi) is 5.67. The maximum Gasteiger partial charge on any atom is 0.239 e. The van der Waals surface area contributed by atoms with Crippen molar-refractivity contribution in [3.05, 3.63) is 46.6 Å². The molecule has 11 nitrogen and oxygen atoms in total. The van der Waals surface area contributed by atoms with Gasteiger partial charge in [0.15, 0.2) is 5.76 Å². The van der Waals surface area contributed by atoms with Crippen molar-refractivity contribution in [2.45, 2.75) is 30.7 Å². The fourth-order valence-electron chi connectivity index (χ4n) is 3.50. The first-order valence-corrected chi connectivity index (χ1v) is 9.51. The van der Waals surface area contributed by atoms with Gasteiger partial charge in [-0.3, -0.25) is 4.79 Å². The molecular weight excluding hydrogens is 428 g/mol. The second kappa shape index (κ2) is 8.30. The predicted molar refractivity (Wildman–Crippen MR) is 107 cm³/mol. The largest absolute Gasteiger partial charge is 0.508 e. The fourth-order valence-corrected chi connectivity index (χ4v) is 3.50. The molecule has 1 aromatic heterocycles. The lowest BCUT2D eigenvalue weighted by atomic mass is 9.99. The summed E-state index contributed by atoms with van der Waals surface area (Å²) in [5.41, 5.74) is -1.14. The number of para-hydroxylation sites is 1. The van der Waals surface area contributed by atoms with Gasteiger partial charge in [-0.2, -0.15) is 0 Å². The Morgan fingerprint density at radius 3 is 2.34 bits per heavy atom. The third-order valence-corrected chi connectivity index (χ3v) is 5.15. The summed E-state index contributed by atoms with van der Waals surface area (Å²) < 4.78 is 16.5. The molecule has 1 saturated heterocycles. The molecule has 7 N–H and O–H groups in total. The third kappa shape index (κ3) is 3.61. The van der Waals surface area contributed by atoms with Crippen molar-refractivity contribution < 1.29 is 49.6 Å². The molecule has 5 atom stereocenters. The number of benzene rings is 2. The third-order valence-electron chi connectivity index (χ3n) is 5.15. The first kappa shape index (κ1) is 21.9. The highest BCUT2D eigenvalue weighted by atomic mass is 16.7. The number of rotatable bonds is 4. The van der Waals surface area contributed by atoms with Crippen molar-refractivity contribution >= 4 is 11.0 Å². The lowest BCUT2D eigenvalue weighted by Gasteiger charge is -2.39. The summed E-state index contributed by atoms with van der Waals surface area (Å²) >= 11 is 0. The number of ether oxygens (including phenoxy) is 2. The van der Waals surface area contributed by atoms with Gasteiger partial charge >= 0.3 is 0 Å². The van der Waals surface area contributed by atoms with E-state index in [9.17, 15) is 40.5 Å². The second-order valence-corrected chi connectivity index (χ2v) is 7.26. The van der Waals surface area contributed by atoms with Gasteiger partial charge in [0.2, 0.25) is 17.5 Å². The molecule has 32 heavy (non-hydrogen) atoms. The Labute approximate surface area is 179 Å². The first-order chi connectivity index (χ1) is 15.2. The van der Waals surface area contributed by atoms with Gasteiger partial charge in [-0.15, -0.1) is 0 Å². The topological polar surface area (TPSA) is 190 Å². The first-order valence-electron chi connectivity index (χ1n) is 9.51. The average Bonchev–Trinajstić information content (AvgIpc) is 2.75. The summed E-state index contributed by atoms with van der Waals surface area (Å²) in [4.78, 5) is 13.2. The summed E-state index contributed by atoms with van der Waals surface area (Å²) in [6.07, 6.45) is -8.27. The maximum absolute atomic E-state index is 13.2. The van der Waals surface area contributed by atoms with Crippen LogP contribution in [0.25, 0.3) is 22.3 Å². The molecule has 170 valence electrons. The van der Waals surface area contributed by atoms with E-state index in [-0.39, 0.29) is 33.8 Å². The number of aliphatic hydroxyl groups is 4. The van der Waals surface area contributed by atoms with Gasteiger partial charge in [0.1, 0.15) is 52.6 Å². The molecule has 2 heterocycles. The number of aromatic hydroxyl groups is 3. The van der Waals surface area contributed by atoms with Gasteiger partial charge in [0, 0.05) is 12.1 Å². The van der Waals surface area contributed by atoms with Crippen molar-refractivity contribution in [2.75, 3.05) is 6.61 Å². The predicted octanol–water partition coefficient (Wildman–Crippen LogP) is -0.244. The van der Waals surface area contributed by atoms with Crippen LogP contribution in [0.3, 0.4) is 0 Å². The van der Waals surface area contributed by atoms with E-state index in [2.05, 4.69) is 0 Å². The normalized spacial score (nSPS) is 25.7. The molecule has 0 saturated carbocycles. The second-order valence-electron chi connectivity index (χ2n) is 7.26. The molecule has 1 fully saturated rings. The Morgan fingerprint density at radius 1 is 0.938 bits per heavy atom. The van der Waals surface area contributed by atoms with Crippen LogP contribution in [0.1, 0.15) is 0 Å². The minimum atomic E-state index is -1.83. The van der Waals surface area contributed by atoms with Crippen molar-refractivity contribution in [1.82, 2.24) is 0 Å². The van der Waals surface area contributed by atoms with Gasteiger partial charge in [0.25, 0.3) is 0 Å². The molecule has 0 aliphatic carbocycles. The van der Waals surface area contributed by atoms with Gasteiger partial charge in [-0.05, 0) is 12.1 Å². The zero-order chi connectivity index (χ0) is 23.2. The van der Waals surface area contributed by atoms with Crippen LogP contribution in [0.4, 0.5) is 0 Å². The van der Waals surface area contributed by atoms with E-state index >= 15 is 0 Å². The summed E-state index contributed by atoms with van der Waals surface area (Å²) in [5.74, 6) is -2.20. The Bertz CT molecular complexity index is 1200. The Balaban J connectivity index is 1.91. The van der Waals surface area contributed by atoms with Crippen LogP contribution >= 0.6 is 0 Å². The maximum atomic E-state index is 13.2. The van der Waals surface area contributed by atoms with E-state index in [4.69, 9.17) is 13.9 Å². The van der Waals surface area contributed by atoms with Crippen LogP contribution < -0.4 is 10.2 Å². The van der Waals surface area contributed by atoms with E-state index in [1.165, 1.54) is 24.3 Å². The number of hydrogen-bond acceptors (Lipinski definition) is 11.